The predicted octanol–water partition coefficient (Wildman–Crippen LogP) is 1.98. The number of nitrogen functional groups attached to an aromatic ring is 1. The van der Waals surface area contributed by atoms with Gasteiger partial charge in [-0.05, 0) is 12.1 Å². The molecule has 1 amide bonds. The Kier molecular flexibility index (Phi) is 3.63. The molecule has 2 N–H and O–H groups in total. The van der Waals surface area contributed by atoms with E-state index in [-0.39, 0.29) is 28.0 Å². The van der Waals surface area contributed by atoms with Crippen molar-refractivity contribution in [3.05, 3.63) is 22.2 Å². The molecule has 5 nitrogen and oxygen atoms in total. The van der Waals surface area contributed by atoms with E-state index in [1.807, 2.05) is 0 Å². The van der Waals surface area contributed by atoms with Crippen molar-refractivity contribution in [1.29, 1.82) is 0 Å². The lowest BCUT2D eigenvalue weighted by molar-refractivity contribution is -0.117. The zero-order chi connectivity index (χ0) is 14.4. The number of anilines is 2. The number of benzene rings is 1. The van der Waals surface area contributed by atoms with Crippen LogP contribution in [0.4, 0.5) is 15.3 Å². The molecule has 0 aromatic heterocycles. The van der Waals surface area contributed by atoms with Gasteiger partial charge in [-0.1, -0.05) is 23.2 Å². The zero-order valence-electron chi connectivity index (χ0n) is 9.44. The molecule has 0 spiro atoms. The smallest absolute Gasteiger partial charge is 0.307 e. The van der Waals surface area contributed by atoms with Gasteiger partial charge in [-0.25, -0.2) is 0 Å². The van der Waals surface area contributed by atoms with Crippen LogP contribution in [0.1, 0.15) is 6.42 Å². The number of nitrogens with two attached hydrogens (primary N) is 1. The number of rotatable bonds is 2. The minimum absolute atomic E-state index is 0.166. The van der Waals surface area contributed by atoms with Crippen LogP contribution >= 0.6 is 23.2 Å². The van der Waals surface area contributed by atoms with E-state index in [4.69, 9.17) is 28.9 Å². The Balaban J connectivity index is 2.39. The summed E-state index contributed by atoms with van der Waals surface area (Å²) in [5.41, 5.74) is 6.10. The second-order valence-corrected chi connectivity index (χ2v) is 6.56. The van der Waals surface area contributed by atoms with E-state index in [2.05, 4.69) is 0 Å². The number of hydrogen-bond acceptors (Lipinski definition) is 4. The molecular weight excluding hydrogens is 318 g/mol. The Bertz CT molecular complexity index is 650. The fourth-order valence-corrected chi connectivity index (χ4v) is 2.88. The summed E-state index contributed by atoms with van der Waals surface area (Å²) < 4.78 is 34.6. The van der Waals surface area contributed by atoms with Gasteiger partial charge in [0.1, 0.15) is 5.25 Å². The monoisotopic (exact) mass is 326 g/mol. The first kappa shape index (κ1) is 14.4. The first-order chi connectivity index (χ1) is 8.70. The molecule has 1 aliphatic heterocycles. The minimum atomic E-state index is -4.77. The van der Waals surface area contributed by atoms with E-state index in [0.717, 1.165) is 4.90 Å². The highest BCUT2D eigenvalue weighted by Gasteiger charge is 2.39. The van der Waals surface area contributed by atoms with Crippen LogP contribution in [0.5, 0.6) is 0 Å². The molecule has 1 aromatic rings. The Morgan fingerprint density at radius 2 is 1.89 bits per heavy atom. The molecule has 1 saturated heterocycles. The number of carbonyl (C=O) groups is 1. The molecule has 104 valence electrons. The third-order valence-electron chi connectivity index (χ3n) is 2.85. The van der Waals surface area contributed by atoms with E-state index in [1.54, 1.807) is 0 Å². The van der Waals surface area contributed by atoms with Crippen molar-refractivity contribution in [2.45, 2.75) is 11.7 Å². The topological polar surface area (TPSA) is 80.5 Å². The molecule has 0 radical (unpaired) electrons. The summed E-state index contributed by atoms with van der Waals surface area (Å²) >= 11 is 11.6. The summed E-state index contributed by atoms with van der Waals surface area (Å²) in [6.45, 7) is -0.292. The predicted molar refractivity (Wildman–Crippen MR) is 71.7 cm³/mol. The zero-order valence-corrected chi connectivity index (χ0v) is 11.8. The van der Waals surface area contributed by atoms with Crippen LogP contribution in [0.25, 0.3) is 0 Å². The third kappa shape index (κ3) is 2.77. The Morgan fingerprint density at radius 1 is 1.32 bits per heavy atom. The highest BCUT2D eigenvalue weighted by Crippen LogP contribution is 2.36. The van der Waals surface area contributed by atoms with Gasteiger partial charge in [0, 0.05) is 13.0 Å². The van der Waals surface area contributed by atoms with E-state index in [1.165, 1.54) is 12.1 Å². The molecule has 0 bridgehead atoms. The summed E-state index contributed by atoms with van der Waals surface area (Å²) in [4.78, 5) is 12.8. The summed E-state index contributed by atoms with van der Waals surface area (Å²) in [6, 6.07) is 2.70. The molecule has 1 aliphatic rings. The van der Waals surface area contributed by atoms with Crippen LogP contribution in [0, 0.1) is 0 Å². The Labute approximate surface area is 119 Å². The fraction of sp³-hybridized carbons (Fsp3) is 0.300. The van der Waals surface area contributed by atoms with Gasteiger partial charge in [0.05, 0.1) is 21.4 Å². The van der Waals surface area contributed by atoms with Crippen LogP contribution in [-0.2, 0) is 15.0 Å². The second-order valence-electron chi connectivity index (χ2n) is 4.13. The third-order valence-corrected chi connectivity index (χ3v) is 4.68. The molecule has 9 heteroatoms. The first-order valence-electron chi connectivity index (χ1n) is 5.18. The highest BCUT2D eigenvalue weighted by atomic mass is 35.5. The summed E-state index contributed by atoms with van der Waals surface area (Å²) in [5.74, 6) is -0.531. The molecular formula is C10H9Cl2FN2O3S. The molecule has 2 rings (SSSR count). The summed E-state index contributed by atoms with van der Waals surface area (Å²) in [7, 11) is -4.77. The SMILES string of the molecule is Nc1cc(Cl)c(Cl)cc1N1CC(S(=O)(=O)F)CC1=O. The maximum atomic E-state index is 12.9. The van der Waals surface area contributed by atoms with Gasteiger partial charge in [-0.15, -0.1) is 3.89 Å². The maximum absolute atomic E-state index is 12.9. The number of carbonyl (C=O) groups excluding carboxylic acids is 1. The van der Waals surface area contributed by atoms with Crippen molar-refractivity contribution < 1.29 is 17.1 Å². The van der Waals surface area contributed by atoms with Gasteiger partial charge in [0.15, 0.2) is 0 Å². The van der Waals surface area contributed by atoms with Crippen LogP contribution < -0.4 is 10.6 Å². The minimum Gasteiger partial charge on any atom is -0.397 e. The Morgan fingerprint density at radius 3 is 2.42 bits per heavy atom. The van der Waals surface area contributed by atoms with E-state index in [0.29, 0.717) is 0 Å². The number of nitrogens with zero attached hydrogens (tertiary/aromatic N) is 1. The number of hydrogen-bond donors (Lipinski definition) is 1. The van der Waals surface area contributed by atoms with Crippen LogP contribution in [-0.4, -0.2) is 26.1 Å². The fourth-order valence-electron chi connectivity index (χ4n) is 1.88. The standard InChI is InChI=1S/C10H9Cl2FN2O3S/c11-6-2-8(14)9(3-7(6)12)15-4-5(1-10(15)16)19(13,17)18/h2-3,5H,1,4,14H2. The molecule has 1 aromatic carbocycles. The van der Waals surface area contributed by atoms with Gasteiger partial charge in [-0.2, -0.15) is 8.42 Å². The normalized spacial score (nSPS) is 20.1. The average molecular weight is 327 g/mol. The van der Waals surface area contributed by atoms with Crippen LogP contribution in [0.15, 0.2) is 12.1 Å². The second kappa shape index (κ2) is 4.81. The lowest BCUT2D eigenvalue weighted by Gasteiger charge is -2.19. The lowest BCUT2D eigenvalue weighted by Crippen LogP contribution is -2.27. The van der Waals surface area contributed by atoms with Gasteiger partial charge < -0.3 is 10.6 Å². The number of halogens is 3. The molecule has 0 aliphatic carbocycles. The number of amides is 1. The van der Waals surface area contributed by atoms with Gasteiger partial charge in [0.2, 0.25) is 5.91 Å². The van der Waals surface area contributed by atoms with Crippen LogP contribution in [0.3, 0.4) is 0 Å². The highest BCUT2D eigenvalue weighted by molar-refractivity contribution is 7.87. The summed E-state index contributed by atoms with van der Waals surface area (Å²) in [6.07, 6.45) is -0.418. The molecule has 1 atom stereocenters. The van der Waals surface area contributed by atoms with Crippen molar-refractivity contribution in [3.8, 4) is 0 Å². The average Bonchev–Trinajstić information content (AvgIpc) is 2.65. The molecule has 0 saturated carbocycles. The van der Waals surface area contributed by atoms with Gasteiger partial charge in [-0.3, -0.25) is 4.79 Å². The van der Waals surface area contributed by atoms with Crippen molar-refractivity contribution in [2.24, 2.45) is 0 Å². The van der Waals surface area contributed by atoms with Gasteiger partial charge >= 0.3 is 10.2 Å². The molecule has 1 heterocycles. The largest absolute Gasteiger partial charge is 0.397 e. The van der Waals surface area contributed by atoms with Crippen molar-refractivity contribution in [3.63, 3.8) is 0 Å². The first-order valence-corrected chi connectivity index (χ1v) is 7.38. The van der Waals surface area contributed by atoms with E-state index in [9.17, 15) is 17.1 Å². The Hall–Kier alpha value is -1.05. The molecule has 1 unspecified atom stereocenters. The van der Waals surface area contributed by atoms with E-state index < -0.39 is 27.8 Å². The summed E-state index contributed by atoms with van der Waals surface area (Å²) in [5, 5.41) is -0.997. The van der Waals surface area contributed by atoms with E-state index >= 15 is 0 Å². The quantitative estimate of drug-likeness (QED) is 0.665. The van der Waals surface area contributed by atoms with Crippen molar-refractivity contribution in [1.82, 2.24) is 0 Å². The van der Waals surface area contributed by atoms with Crippen molar-refractivity contribution in [2.75, 3.05) is 17.2 Å². The van der Waals surface area contributed by atoms with Gasteiger partial charge in [0.25, 0.3) is 0 Å². The maximum Gasteiger partial charge on any atom is 0.307 e. The van der Waals surface area contributed by atoms with Crippen molar-refractivity contribution >= 4 is 50.7 Å². The molecule has 19 heavy (non-hydrogen) atoms. The van der Waals surface area contributed by atoms with Crippen LogP contribution in [0.2, 0.25) is 10.0 Å². The lowest BCUT2D eigenvalue weighted by atomic mass is 10.2. The molecule has 1 fully saturated rings.